The van der Waals surface area contributed by atoms with Crippen LogP contribution in [0, 0.1) is 6.92 Å². The summed E-state index contributed by atoms with van der Waals surface area (Å²) in [6.07, 6.45) is 7.67. The van der Waals surface area contributed by atoms with E-state index in [4.69, 9.17) is 9.97 Å². The van der Waals surface area contributed by atoms with Gasteiger partial charge in [0.2, 0.25) is 5.91 Å². The van der Waals surface area contributed by atoms with E-state index in [1.54, 1.807) is 12.4 Å². The highest BCUT2D eigenvalue weighted by Gasteiger charge is 2.25. The van der Waals surface area contributed by atoms with Gasteiger partial charge >= 0.3 is 0 Å². The third-order valence-corrected chi connectivity index (χ3v) is 6.74. The van der Waals surface area contributed by atoms with Gasteiger partial charge in [-0.05, 0) is 68.2 Å². The minimum Gasteiger partial charge on any atom is -0.326 e. The molecule has 1 saturated heterocycles. The lowest BCUT2D eigenvalue weighted by molar-refractivity contribution is -0.114. The van der Waals surface area contributed by atoms with Gasteiger partial charge < -0.3 is 5.32 Å². The minimum absolute atomic E-state index is 0.0494. The van der Waals surface area contributed by atoms with Crippen molar-refractivity contribution in [2.75, 3.05) is 18.4 Å². The molecule has 5 rings (SSSR count). The molecule has 0 radical (unpaired) electrons. The van der Waals surface area contributed by atoms with Gasteiger partial charge in [0.1, 0.15) is 0 Å². The molecule has 0 aliphatic carbocycles. The summed E-state index contributed by atoms with van der Waals surface area (Å²) < 4.78 is 0. The number of nitrogens with one attached hydrogen (secondary N) is 1. The fourth-order valence-electron chi connectivity index (χ4n) is 4.90. The molecule has 0 bridgehead atoms. The molecule has 1 aliphatic heterocycles. The first-order valence-electron chi connectivity index (χ1n) is 12.5. The molecule has 6 nitrogen and oxygen atoms in total. The number of rotatable bonds is 6. The van der Waals surface area contributed by atoms with Crippen molar-refractivity contribution in [2.45, 2.75) is 39.2 Å². The Labute approximate surface area is 212 Å². The molecule has 6 heteroatoms. The van der Waals surface area contributed by atoms with Gasteiger partial charge in [0.05, 0.1) is 5.69 Å². The Morgan fingerprint density at radius 2 is 1.75 bits per heavy atom. The van der Waals surface area contributed by atoms with Crippen molar-refractivity contribution in [1.29, 1.82) is 0 Å². The highest BCUT2D eigenvalue weighted by molar-refractivity contribution is 5.88. The molecule has 2 aromatic carbocycles. The minimum atomic E-state index is -0.0494. The van der Waals surface area contributed by atoms with Crippen LogP contribution in [0.15, 0.2) is 79.3 Å². The lowest BCUT2D eigenvalue weighted by atomic mass is 9.88. The number of carbonyl (C=O) groups excluding carboxylic acids is 1. The summed E-state index contributed by atoms with van der Waals surface area (Å²) in [7, 11) is 0. The second-order valence-corrected chi connectivity index (χ2v) is 9.53. The average Bonchev–Trinajstić information content (AvgIpc) is 2.90. The molecule has 182 valence electrons. The van der Waals surface area contributed by atoms with Crippen LogP contribution in [0.3, 0.4) is 0 Å². The number of piperidine rings is 1. The first-order valence-corrected chi connectivity index (χ1v) is 12.5. The van der Waals surface area contributed by atoms with Crippen LogP contribution in [0.5, 0.6) is 0 Å². The third kappa shape index (κ3) is 5.66. The van der Waals surface area contributed by atoms with Gasteiger partial charge in [-0.3, -0.25) is 14.7 Å². The number of hydrogen-bond donors (Lipinski definition) is 1. The van der Waals surface area contributed by atoms with Crippen molar-refractivity contribution in [3.8, 4) is 22.5 Å². The quantitative estimate of drug-likeness (QED) is 0.377. The average molecular weight is 478 g/mol. The van der Waals surface area contributed by atoms with Crippen LogP contribution in [0.4, 0.5) is 5.69 Å². The van der Waals surface area contributed by atoms with Gasteiger partial charge in [-0.2, -0.15) is 0 Å². The third-order valence-electron chi connectivity index (χ3n) is 6.74. The van der Waals surface area contributed by atoms with E-state index in [0.29, 0.717) is 5.92 Å². The fourth-order valence-corrected chi connectivity index (χ4v) is 4.90. The van der Waals surface area contributed by atoms with E-state index in [0.717, 1.165) is 60.8 Å². The number of benzene rings is 2. The van der Waals surface area contributed by atoms with E-state index in [1.807, 2.05) is 30.5 Å². The zero-order chi connectivity index (χ0) is 24.9. The Kier molecular flexibility index (Phi) is 7.14. The highest BCUT2D eigenvalue weighted by Crippen LogP contribution is 2.35. The molecule has 0 spiro atoms. The molecule has 0 unspecified atom stereocenters. The van der Waals surface area contributed by atoms with Crippen LogP contribution in [0.1, 0.15) is 42.5 Å². The zero-order valence-electron chi connectivity index (χ0n) is 20.8. The number of anilines is 1. The summed E-state index contributed by atoms with van der Waals surface area (Å²) in [4.78, 5) is 27.8. The van der Waals surface area contributed by atoms with E-state index in [9.17, 15) is 4.79 Å². The molecule has 3 heterocycles. The zero-order valence-corrected chi connectivity index (χ0v) is 20.8. The van der Waals surface area contributed by atoms with Crippen molar-refractivity contribution in [2.24, 2.45) is 0 Å². The maximum absolute atomic E-state index is 11.3. The van der Waals surface area contributed by atoms with Crippen LogP contribution >= 0.6 is 0 Å². The lowest BCUT2D eigenvalue weighted by Gasteiger charge is -2.32. The molecule has 1 amide bonds. The maximum Gasteiger partial charge on any atom is 0.221 e. The SMILES string of the molecule is CC(=O)Nc1ccc(CN2CCC(c3nc(-c4ccncc4)ncc3-c3cccc(C)c3)CC2)cc1. The molecule has 1 N–H and O–H groups in total. The van der Waals surface area contributed by atoms with Gasteiger partial charge in [0.15, 0.2) is 5.82 Å². The van der Waals surface area contributed by atoms with Crippen LogP contribution in [-0.4, -0.2) is 38.8 Å². The predicted molar refractivity (Wildman–Crippen MR) is 143 cm³/mol. The van der Waals surface area contributed by atoms with Crippen LogP contribution < -0.4 is 5.32 Å². The van der Waals surface area contributed by atoms with Crippen LogP contribution in [0.25, 0.3) is 22.5 Å². The second-order valence-electron chi connectivity index (χ2n) is 9.53. The summed E-state index contributed by atoms with van der Waals surface area (Å²) in [6.45, 7) is 6.58. The Hall–Kier alpha value is -3.90. The Bertz CT molecular complexity index is 1330. The highest BCUT2D eigenvalue weighted by atomic mass is 16.1. The molecule has 4 aromatic rings. The molecular formula is C30H31N5O. The number of hydrogen-bond acceptors (Lipinski definition) is 5. The number of aryl methyl sites for hydroxylation is 1. The topological polar surface area (TPSA) is 71.0 Å². The Morgan fingerprint density at radius 1 is 1.00 bits per heavy atom. The maximum atomic E-state index is 11.3. The van der Waals surface area contributed by atoms with Gasteiger partial charge in [-0.1, -0.05) is 42.0 Å². The number of nitrogens with zero attached hydrogens (tertiary/aromatic N) is 4. The largest absolute Gasteiger partial charge is 0.326 e. The summed E-state index contributed by atoms with van der Waals surface area (Å²) >= 11 is 0. The van der Waals surface area contributed by atoms with Crippen molar-refractivity contribution >= 4 is 11.6 Å². The molecular weight excluding hydrogens is 446 g/mol. The van der Waals surface area contributed by atoms with Gasteiger partial charge in [0, 0.05) is 54.8 Å². The molecule has 2 aromatic heterocycles. The number of pyridine rings is 1. The van der Waals surface area contributed by atoms with Gasteiger partial charge in [-0.15, -0.1) is 0 Å². The summed E-state index contributed by atoms with van der Waals surface area (Å²) in [6, 6.07) is 20.7. The van der Waals surface area contributed by atoms with Gasteiger partial charge in [0.25, 0.3) is 0 Å². The van der Waals surface area contributed by atoms with Crippen LogP contribution in [0.2, 0.25) is 0 Å². The molecule has 1 fully saturated rings. The summed E-state index contributed by atoms with van der Waals surface area (Å²) in [5.41, 5.74) is 7.75. The Balaban J connectivity index is 1.34. The smallest absolute Gasteiger partial charge is 0.221 e. The van der Waals surface area contributed by atoms with Gasteiger partial charge in [-0.25, -0.2) is 9.97 Å². The van der Waals surface area contributed by atoms with Crippen molar-refractivity contribution < 1.29 is 4.79 Å². The van der Waals surface area contributed by atoms with Crippen molar-refractivity contribution in [3.63, 3.8) is 0 Å². The number of likely N-dealkylation sites (tertiary alicyclic amines) is 1. The van der Waals surface area contributed by atoms with Crippen molar-refractivity contribution in [1.82, 2.24) is 19.9 Å². The number of aromatic nitrogens is 3. The molecule has 0 atom stereocenters. The Morgan fingerprint density at radius 3 is 2.44 bits per heavy atom. The monoisotopic (exact) mass is 477 g/mol. The van der Waals surface area contributed by atoms with E-state index in [2.05, 4.69) is 58.5 Å². The predicted octanol–water partition coefficient (Wildman–Crippen LogP) is 5.85. The molecule has 0 saturated carbocycles. The van der Waals surface area contributed by atoms with E-state index >= 15 is 0 Å². The fraction of sp³-hybridized carbons (Fsp3) is 0.267. The first kappa shape index (κ1) is 23.8. The van der Waals surface area contributed by atoms with E-state index in [-0.39, 0.29) is 5.91 Å². The number of amides is 1. The van der Waals surface area contributed by atoms with E-state index in [1.165, 1.54) is 23.6 Å². The second kappa shape index (κ2) is 10.8. The lowest BCUT2D eigenvalue weighted by Crippen LogP contribution is -2.33. The summed E-state index contributed by atoms with van der Waals surface area (Å²) in [5.74, 6) is 1.08. The standard InChI is InChI=1S/C30H31N5O/c1-21-4-3-5-26(18-21)28-19-32-30(25-10-14-31-15-11-25)34-29(28)24-12-16-35(17-13-24)20-23-6-8-27(9-7-23)33-22(2)36/h3-11,14-15,18-19,24H,12-13,16-17,20H2,1-2H3,(H,33,36). The van der Waals surface area contributed by atoms with E-state index < -0.39 is 0 Å². The first-order chi connectivity index (χ1) is 17.5. The number of carbonyl (C=O) groups is 1. The molecule has 1 aliphatic rings. The molecule has 36 heavy (non-hydrogen) atoms. The van der Waals surface area contributed by atoms with Crippen molar-refractivity contribution in [3.05, 3.63) is 96.1 Å². The summed E-state index contributed by atoms with van der Waals surface area (Å²) in [5, 5.41) is 2.83. The van der Waals surface area contributed by atoms with Crippen LogP contribution in [-0.2, 0) is 11.3 Å². The normalized spacial score (nSPS) is 14.5.